The van der Waals surface area contributed by atoms with Gasteiger partial charge in [0.05, 0.1) is 5.56 Å². The molecule has 1 aromatic carbocycles. The molecule has 0 bridgehead atoms. The summed E-state index contributed by atoms with van der Waals surface area (Å²) < 4.78 is 5.79. The van der Waals surface area contributed by atoms with E-state index in [2.05, 4.69) is 29.4 Å². The van der Waals surface area contributed by atoms with Crippen molar-refractivity contribution in [2.45, 2.75) is 39.5 Å². The highest BCUT2D eigenvalue weighted by molar-refractivity contribution is 5.92. The van der Waals surface area contributed by atoms with E-state index in [9.17, 15) is 4.79 Å². The van der Waals surface area contributed by atoms with E-state index >= 15 is 0 Å². The van der Waals surface area contributed by atoms with Gasteiger partial charge >= 0.3 is 0 Å². The second kappa shape index (κ2) is 9.79. The van der Waals surface area contributed by atoms with Crippen molar-refractivity contribution in [1.29, 1.82) is 0 Å². The number of aryl methyl sites for hydroxylation is 1. The lowest BCUT2D eigenvalue weighted by Crippen LogP contribution is -2.18. The molecule has 0 saturated heterocycles. The van der Waals surface area contributed by atoms with Crippen LogP contribution in [0.1, 0.15) is 47.7 Å². The Hall–Kier alpha value is -2.40. The van der Waals surface area contributed by atoms with E-state index in [1.54, 1.807) is 12.1 Å². The Labute approximate surface area is 149 Å². The minimum absolute atomic E-state index is 0.367. The van der Waals surface area contributed by atoms with Gasteiger partial charge in [0.1, 0.15) is 5.75 Å². The van der Waals surface area contributed by atoms with Crippen molar-refractivity contribution >= 4 is 5.91 Å². The SMILES string of the molecule is CCCCCNCCc1ccc(Oc2ccc(C(N)=O)cn2)c(C)c1. The van der Waals surface area contributed by atoms with Gasteiger partial charge < -0.3 is 15.8 Å². The predicted molar refractivity (Wildman–Crippen MR) is 100 cm³/mol. The fraction of sp³-hybridized carbons (Fsp3) is 0.400. The minimum Gasteiger partial charge on any atom is -0.439 e. The Kier molecular flexibility index (Phi) is 7.41. The monoisotopic (exact) mass is 341 g/mol. The molecule has 134 valence electrons. The van der Waals surface area contributed by atoms with Crippen LogP contribution in [-0.4, -0.2) is 24.0 Å². The molecule has 0 unspecified atom stereocenters. The highest BCUT2D eigenvalue weighted by atomic mass is 16.5. The smallest absolute Gasteiger partial charge is 0.250 e. The summed E-state index contributed by atoms with van der Waals surface area (Å²) >= 11 is 0. The molecule has 2 rings (SSSR count). The van der Waals surface area contributed by atoms with Crippen molar-refractivity contribution in [3.8, 4) is 11.6 Å². The maximum absolute atomic E-state index is 11.1. The molecule has 2 aromatic rings. The van der Waals surface area contributed by atoms with Crippen LogP contribution in [0.3, 0.4) is 0 Å². The van der Waals surface area contributed by atoms with E-state index in [-0.39, 0.29) is 0 Å². The fourth-order valence-electron chi connectivity index (χ4n) is 2.54. The van der Waals surface area contributed by atoms with Crippen molar-refractivity contribution in [2.75, 3.05) is 13.1 Å². The van der Waals surface area contributed by atoms with Crippen LogP contribution in [0, 0.1) is 6.92 Å². The van der Waals surface area contributed by atoms with Gasteiger partial charge in [-0.15, -0.1) is 0 Å². The van der Waals surface area contributed by atoms with Gasteiger partial charge in [0.2, 0.25) is 11.8 Å². The molecule has 5 nitrogen and oxygen atoms in total. The van der Waals surface area contributed by atoms with Gasteiger partial charge in [0, 0.05) is 12.3 Å². The summed E-state index contributed by atoms with van der Waals surface area (Å²) in [5, 5.41) is 3.48. The van der Waals surface area contributed by atoms with Crippen molar-refractivity contribution < 1.29 is 9.53 Å². The highest BCUT2D eigenvalue weighted by Crippen LogP contribution is 2.24. The number of rotatable bonds is 10. The first-order valence-corrected chi connectivity index (χ1v) is 8.84. The van der Waals surface area contributed by atoms with Crippen molar-refractivity contribution in [2.24, 2.45) is 5.73 Å². The average molecular weight is 341 g/mol. The van der Waals surface area contributed by atoms with Crippen LogP contribution in [0.25, 0.3) is 0 Å². The number of nitrogens with one attached hydrogen (secondary N) is 1. The summed E-state index contributed by atoms with van der Waals surface area (Å²) in [4.78, 5) is 15.2. The molecule has 0 aliphatic heterocycles. The zero-order chi connectivity index (χ0) is 18.1. The number of amides is 1. The lowest BCUT2D eigenvalue weighted by atomic mass is 10.1. The van der Waals surface area contributed by atoms with Crippen LogP contribution in [-0.2, 0) is 6.42 Å². The van der Waals surface area contributed by atoms with E-state index in [4.69, 9.17) is 10.5 Å². The zero-order valence-corrected chi connectivity index (χ0v) is 15.0. The first-order valence-electron chi connectivity index (χ1n) is 8.84. The number of hydrogen-bond donors (Lipinski definition) is 2. The molecule has 0 spiro atoms. The van der Waals surface area contributed by atoms with Gasteiger partial charge in [0.15, 0.2) is 0 Å². The Morgan fingerprint density at radius 3 is 2.68 bits per heavy atom. The Balaban J connectivity index is 1.87. The third-order valence-electron chi connectivity index (χ3n) is 4.02. The van der Waals surface area contributed by atoms with Crippen molar-refractivity contribution in [3.05, 3.63) is 53.2 Å². The van der Waals surface area contributed by atoms with E-state index in [1.165, 1.54) is 31.0 Å². The quantitative estimate of drug-likeness (QED) is 0.647. The number of carbonyl (C=O) groups is 1. The number of benzene rings is 1. The number of hydrogen-bond acceptors (Lipinski definition) is 4. The number of aromatic nitrogens is 1. The molecule has 1 aromatic heterocycles. The number of primary amides is 1. The van der Waals surface area contributed by atoms with Crippen LogP contribution in [0.4, 0.5) is 0 Å². The van der Waals surface area contributed by atoms with Gasteiger partial charge in [-0.05, 0) is 56.1 Å². The maximum atomic E-state index is 11.1. The molecule has 1 heterocycles. The predicted octanol–water partition coefficient (Wildman–Crippen LogP) is 3.60. The molecule has 3 N–H and O–H groups in total. The van der Waals surface area contributed by atoms with Crippen LogP contribution in [0.2, 0.25) is 0 Å². The molecular formula is C20H27N3O2. The molecule has 5 heteroatoms. The topological polar surface area (TPSA) is 77.2 Å². The van der Waals surface area contributed by atoms with Gasteiger partial charge in [0.25, 0.3) is 0 Å². The number of nitrogens with zero attached hydrogens (tertiary/aromatic N) is 1. The number of ether oxygens (including phenoxy) is 1. The van der Waals surface area contributed by atoms with Crippen LogP contribution in [0.5, 0.6) is 11.6 Å². The summed E-state index contributed by atoms with van der Waals surface area (Å²) in [6.45, 7) is 6.31. The Bertz CT molecular complexity index is 684. The van der Waals surface area contributed by atoms with Gasteiger partial charge in [-0.2, -0.15) is 0 Å². The molecular weight excluding hydrogens is 314 g/mol. The standard InChI is InChI=1S/C20H27N3O2/c1-3-4-5-11-22-12-10-16-6-8-18(15(2)13-16)25-19-9-7-17(14-23-19)20(21)24/h6-9,13-14,22H,3-5,10-12H2,1-2H3,(H2,21,24). The number of unbranched alkanes of at least 4 members (excludes halogenated alkanes) is 2. The lowest BCUT2D eigenvalue weighted by molar-refractivity contribution is 0.1000. The van der Waals surface area contributed by atoms with Gasteiger partial charge in [-0.1, -0.05) is 31.9 Å². The van der Waals surface area contributed by atoms with Gasteiger partial charge in [-0.3, -0.25) is 4.79 Å². The number of pyridine rings is 1. The van der Waals surface area contributed by atoms with Crippen LogP contribution >= 0.6 is 0 Å². The second-order valence-electron chi connectivity index (χ2n) is 6.16. The van der Waals surface area contributed by atoms with E-state index in [0.717, 1.165) is 30.8 Å². The molecule has 0 radical (unpaired) electrons. The third kappa shape index (κ3) is 6.19. The number of nitrogens with two attached hydrogens (primary N) is 1. The maximum Gasteiger partial charge on any atom is 0.250 e. The molecule has 0 aliphatic rings. The molecule has 0 aliphatic carbocycles. The highest BCUT2D eigenvalue weighted by Gasteiger charge is 2.06. The molecule has 1 amide bonds. The largest absolute Gasteiger partial charge is 0.439 e. The molecule has 0 saturated carbocycles. The fourth-order valence-corrected chi connectivity index (χ4v) is 2.54. The molecule has 0 fully saturated rings. The summed E-state index contributed by atoms with van der Waals surface area (Å²) in [6, 6.07) is 9.44. The zero-order valence-electron chi connectivity index (χ0n) is 15.0. The van der Waals surface area contributed by atoms with Gasteiger partial charge in [-0.25, -0.2) is 4.98 Å². The van der Waals surface area contributed by atoms with E-state index in [0.29, 0.717) is 11.4 Å². The van der Waals surface area contributed by atoms with E-state index < -0.39 is 5.91 Å². The summed E-state index contributed by atoms with van der Waals surface area (Å²) in [6.07, 6.45) is 6.20. The van der Waals surface area contributed by atoms with Crippen molar-refractivity contribution in [1.82, 2.24) is 10.3 Å². The first kappa shape index (κ1) is 18.9. The summed E-state index contributed by atoms with van der Waals surface area (Å²) in [7, 11) is 0. The average Bonchev–Trinajstić information content (AvgIpc) is 2.60. The Morgan fingerprint density at radius 2 is 2.04 bits per heavy atom. The molecule has 25 heavy (non-hydrogen) atoms. The minimum atomic E-state index is -0.497. The van der Waals surface area contributed by atoms with Crippen LogP contribution in [0.15, 0.2) is 36.5 Å². The molecule has 0 atom stereocenters. The van der Waals surface area contributed by atoms with E-state index in [1.807, 2.05) is 13.0 Å². The second-order valence-corrected chi connectivity index (χ2v) is 6.16. The number of carbonyl (C=O) groups excluding carboxylic acids is 1. The van der Waals surface area contributed by atoms with Crippen LogP contribution < -0.4 is 15.8 Å². The summed E-state index contributed by atoms with van der Waals surface area (Å²) in [5.41, 5.74) is 7.91. The Morgan fingerprint density at radius 1 is 1.20 bits per heavy atom. The summed E-state index contributed by atoms with van der Waals surface area (Å²) in [5.74, 6) is 0.709. The lowest BCUT2D eigenvalue weighted by Gasteiger charge is -2.10. The van der Waals surface area contributed by atoms with Crippen molar-refractivity contribution in [3.63, 3.8) is 0 Å². The normalized spacial score (nSPS) is 10.6. The third-order valence-corrected chi connectivity index (χ3v) is 4.02. The first-order chi connectivity index (χ1) is 12.1.